The zero-order chi connectivity index (χ0) is 12.5. The van der Waals surface area contributed by atoms with Gasteiger partial charge in [0.15, 0.2) is 0 Å². The molecule has 4 heteroatoms. The molecule has 2 aromatic rings. The topological polar surface area (TPSA) is 19.0 Å². The predicted molar refractivity (Wildman–Crippen MR) is 75.5 cm³/mol. The summed E-state index contributed by atoms with van der Waals surface area (Å²) in [6, 6.07) is 7.62. The number of rotatable bonds is 3. The summed E-state index contributed by atoms with van der Waals surface area (Å²) >= 11 is 2.03. The normalized spacial score (nSPS) is 20.1. The third-order valence-electron chi connectivity index (χ3n) is 3.59. The minimum atomic E-state index is -0.173. The van der Waals surface area contributed by atoms with Crippen LogP contribution in [-0.4, -0.2) is 34.5 Å². The number of hydrogen-bond donors (Lipinski definition) is 1. The van der Waals surface area contributed by atoms with Gasteiger partial charge in [-0.15, -0.1) is 0 Å². The lowest BCUT2D eigenvalue weighted by atomic mass is 10.2. The van der Waals surface area contributed by atoms with Crippen molar-refractivity contribution in [2.75, 3.05) is 18.6 Å². The number of nitrogens with zero attached hydrogens (tertiary/aromatic N) is 1. The molecular weight excluding hydrogens is 247 g/mol. The predicted octanol–water partition coefficient (Wildman–Crippen LogP) is 3.24. The van der Waals surface area contributed by atoms with Crippen molar-refractivity contribution in [1.82, 2.24) is 9.88 Å². The van der Waals surface area contributed by atoms with E-state index in [2.05, 4.69) is 23.0 Å². The first-order valence-corrected chi connectivity index (χ1v) is 7.43. The molecule has 1 aliphatic heterocycles. The van der Waals surface area contributed by atoms with E-state index < -0.39 is 0 Å². The molecule has 1 fully saturated rings. The van der Waals surface area contributed by atoms with Crippen molar-refractivity contribution in [3.8, 4) is 0 Å². The number of nitrogens with one attached hydrogen (secondary N) is 1. The molecule has 0 aliphatic carbocycles. The first-order chi connectivity index (χ1) is 8.72. The Balaban J connectivity index is 1.77. The van der Waals surface area contributed by atoms with Crippen molar-refractivity contribution >= 4 is 22.7 Å². The Bertz CT molecular complexity index is 546. The van der Waals surface area contributed by atoms with Gasteiger partial charge in [0.25, 0.3) is 0 Å². The summed E-state index contributed by atoms with van der Waals surface area (Å²) in [6.45, 7) is 0.904. The molecule has 96 valence electrons. The number of hydrogen-bond acceptors (Lipinski definition) is 2. The Morgan fingerprint density at radius 1 is 1.44 bits per heavy atom. The number of aromatic amines is 1. The van der Waals surface area contributed by atoms with Crippen molar-refractivity contribution in [3.63, 3.8) is 0 Å². The van der Waals surface area contributed by atoms with Gasteiger partial charge in [0, 0.05) is 34.9 Å². The molecule has 1 aromatic carbocycles. The highest BCUT2D eigenvalue weighted by Crippen LogP contribution is 2.23. The van der Waals surface area contributed by atoms with Gasteiger partial charge in [-0.2, -0.15) is 11.8 Å². The summed E-state index contributed by atoms with van der Waals surface area (Å²) in [6.07, 6.45) is 1.27. The molecule has 3 rings (SSSR count). The molecule has 0 bridgehead atoms. The van der Waals surface area contributed by atoms with E-state index in [1.807, 2.05) is 11.8 Å². The van der Waals surface area contributed by atoms with Gasteiger partial charge in [-0.25, -0.2) is 4.39 Å². The van der Waals surface area contributed by atoms with E-state index in [-0.39, 0.29) is 5.82 Å². The van der Waals surface area contributed by atoms with Crippen LogP contribution in [0.25, 0.3) is 10.9 Å². The van der Waals surface area contributed by atoms with Gasteiger partial charge >= 0.3 is 0 Å². The van der Waals surface area contributed by atoms with Crippen molar-refractivity contribution in [2.45, 2.75) is 19.0 Å². The molecule has 18 heavy (non-hydrogen) atoms. The Labute approximate surface area is 111 Å². The van der Waals surface area contributed by atoms with Gasteiger partial charge < -0.3 is 4.98 Å². The largest absolute Gasteiger partial charge is 0.357 e. The summed E-state index contributed by atoms with van der Waals surface area (Å²) in [5.41, 5.74) is 2.18. The Morgan fingerprint density at radius 2 is 2.33 bits per heavy atom. The Kier molecular flexibility index (Phi) is 3.31. The lowest BCUT2D eigenvalue weighted by molar-refractivity contribution is 0.252. The van der Waals surface area contributed by atoms with Crippen molar-refractivity contribution in [1.29, 1.82) is 0 Å². The highest BCUT2D eigenvalue weighted by molar-refractivity contribution is 7.99. The second-order valence-electron chi connectivity index (χ2n) is 4.96. The second-order valence-corrected chi connectivity index (χ2v) is 6.11. The Morgan fingerprint density at radius 3 is 3.11 bits per heavy atom. The molecule has 1 aliphatic rings. The number of halogens is 1. The van der Waals surface area contributed by atoms with Crippen LogP contribution in [0.3, 0.4) is 0 Å². The number of benzene rings is 1. The number of thioether (sulfide) groups is 1. The van der Waals surface area contributed by atoms with E-state index in [0.29, 0.717) is 6.04 Å². The molecule has 0 amide bonds. The van der Waals surface area contributed by atoms with Crippen LogP contribution < -0.4 is 0 Å². The van der Waals surface area contributed by atoms with E-state index in [4.69, 9.17) is 0 Å². The van der Waals surface area contributed by atoms with E-state index in [9.17, 15) is 4.39 Å². The smallest absolute Gasteiger partial charge is 0.123 e. The van der Waals surface area contributed by atoms with Gasteiger partial charge in [-0.1, -0.05) is 0 Å². The lowest BCUT2D eigenvalue weighted by Crippen LogP contribution is -2.30. The zero-order valence-corrected chi connectivity index (χ0v) is 11.3. The molecule has 1 saturated heterocycles. The lowest BCUT2D eigenvalue weighted by Gasteiger charge is -2.22. The average Bonchev–Trinajstić information content (AvgIpc) is 2.95. The minimum absolute atomic E-state index is 0.173. The summed E-state index contributed by atoms with van der Waals surface area (Å²) in [5, 5.41) is 0.958. The fourth-order valence-electron chi connectivity index (χ4n) is 2.52. The highest BCUT2D eigenvalue weighted by Gasteiger charge is 2.20. The molecule has 1 atom stereocenters. The molecule has 1 aromatic heterocycles. The summed E-state index contributed by atoms with van der Waals surface area (Å²) in [5.74, 6) is 2.33. The third-order valence-corrected chi connectivity index (χ3v) is 4.73. The van der Waals surface area contributed by atoms with E-state index >= 15 is 0 Å². The van der Waals surface area contributed by atoms with Crippen LogP contribution in [0.1, 0.15) is 12.1 Å². The Hall–Kier alpha value is -1.000. The second kappa shape index (κ2) is 4.94. The molecule has 0 radical (unpaired) electrons. The van der Waals surface area contributed by atoms with Crippen LogP contribution in [0.4, 0.5) is 4.39 Å². The number of fused-ring (bicyclic) bond motifs is 1. The van der Waals surface area contributed by atoms with Crippen LogP contribution in [0.5, 0.6) is 0 Å². The third kappa shape index (κ3) is 2.40. The van der Waals surface area contributed by atoms with Crippen LogP contribution in [0.15, 0.2) is 24.3 Å². The maximum atomic E-state index is 13.1. The SMILES string of the molecule is CN(Cc1cc2cc(F)ccc2[nH]1)C1CCSC1. The number of H-pyrrole nitrogens is 1. The van der Waals surface area contributed by atoms with E-state index in [0.717, 1.165) is 23.1 Å². The summed E-state index contributed by atoms with van der Waals surface area (Å²) in [4.78, 5) is 5.75. The highest BCUT2D eigenvalue weighted by atomic mass is 32.2. The molecule has 1 unspecified atom stereocenters. The van der Waals surface area contributed by atoms with Crippen molar-refractivity contribution in [3.05, 3.63) is 35.8 Å². The summed E-state index contributed by atoms with van der Waals surface area (Å²) < 4.78 is 13.1. The quantitative estimate of drug-likeness (QED) is 0.917. The molecule has 2 nitrogen and oxygen atoms in total. The van der Waals surface area contributed by atoms with Gasteiger partial charge in [-0.3, -0.25) is 4.90 Å². The fourth-order valence-corrected chi connectivity index (χ4v) is 3.81. The van der Waals surface area contributed by atoms with E-state index in [1.165, 1.54) is 24.0 Å². The van der Waals surface area contributed by atoms with Crippen LogP contribution in [0, 0.1) is 5.82 Å². The maximum absolute atomic E-state index is 13.1. The van der Waals surface area contributed by atoms with Crippen molar-refractivity contribution < 1.29 is 4.39 Å². The van der Waals surface area contributed by atoms with Gasteiger partial charge in [-0.05, 0) is 43.5 Å². The van der Waals surface area contributed by atoms with Crippen LogP contribution in [-0.2, 0) is 6.54 Å². The van der Waals surface area contributed by atoms with E-state index in [1.54, 1.807) is 12.1 Å². The van der Waals surface area contributed by atoms with Gasteiger partial charge in [0.05, 0.1) is 0 Å². The van der Waals surface area contributed by atoms with Crippen LogP contribution >= 0.6 is 11.8 Å². The van der Waals surface area contributed by atoms with Gasteiger partial charge in [0.1, 0.15) is 5.82 Å². The molecule has 0 spiro atoms. The number of aromatic nitrogens is 1. The monoisotopic (exact) mass is 264 g/mol. The van der Waals surface area contributed by atoms with Crippen LogP contribution in [0.2, 0.25) is 0 Å². The van der Waals surface area contributed by atoms with Crippen molar-refractivity contribution in [2.24, 2.45) is 0 Å². The molecule has 1 N–H and O–H groups in total. The molecule has 2 heterocycles. The zero-order valence-electron chi connectivity index (χ0n) is 10.4. The molecule has 0 saturated carbocycles. The summed E-state index contributed by atoms with van der Waals surface area (Å²) in [7, 11) is 2.17. The molecular formula is C14H17FN2S. The minimum Gasteiger partial charge on any atom is -0.357 e. The van der Waals surface area contributed by atoms with Gasteiger partial charge in [0.2, 0.25) is 0 Å². The average molecular weight is 264 g/mol. The first-order valence-electron chi connectivity index (χ1n) is 6.27. The fraction of sp³-hybridized carbons (Fsp3) is 0.429. The standard InChI is InChI=1S/C14H17FN2S/c1-17(13-4-5-18-9-13)8-12-7-10-6-11(15)2-3-14(10)16-12/h2-3,6-7,13,16H,4-5,8-9H2,1H3. The first kappa shape index (κ1) is 12.1. The maximum Gasteiger partial charge on any atom is 0.123 e.